The highest BCUT2D eigenvalue weighted by Crippen LogP contribution is 2.37. The van der Waals surface area contributed by atoms with Gasteiger partial charge in [0.2, 0.25) is 0 Å². The summed E-state index contributed by atoms with van der Waals surface area (Å²) in [6.45, 7) is 2.46. The molecule has 0 bridgehead atoms. The quantitative estimate of drug-likeness (QED) is 0.724. The molecule has 16 heavy (non-hydrogen) atoms. The maximum absolute atomic E-state index is 13.5. The van der Waals surface area contributed by atoms with Crippen molar-refractivity contribution in [3.8, 4) is 0 Å². The maximum atomic E-state index is 13.5. The first-order valence-electron chi connectivity index (χ1n) is 5.28. The predicted molar refractivity (Wildman–Crippen MR) is 58.5 cm³/mol. The van der Waals surface area contributed by atoms with Crippen LogP contribution >= 0.6 is 11.6 Å². The van der Waals surface area contributed by atoms with Gasteiger partial charge < -0.3 is 4.74 Å². The smallest absolute Gasteiger partial charge is 0.128 e. The zero-order valence-electron chi connectivity index (χ0n) is 8.92. The molecule has 1 aliphatic rings. The van der Waals surface area contributed by atoms with Crippen LogP contribution in [0.2, 0.25) is 0 Å². The molecule has 4 heteroatoms. The Bertz CT molecular complexity index is 383. The first-order valence-corrected chi connectivity index (χ1v) is 5.72. The van der Waals surface area contributed by atoms with Crippen molar-refractivity contribution in [3.05, 3.63) is 35.4 Å². The van der Waals surface area contributed by atoms with Gasteiger partial charge in [0, 0.05) is 11.5 Å². The Balaban J connectivity index is 2.20. The summed E-state index contributed by atoms with van der Waals surface area (Å²) in [5.74, 6) is -0.872. The second-order valence-electron chi connectivity index (χ2n) is 4.21. The normalized spacial score (nSPS) is 27.0. The van der Waals surface area contributed by atoms with Crippen molar-refractivity contribution in [1.82, 2.24) is 0 Å². The summed E-state index contributed by atoms with van der Waals surface area (Å²) in [5.41, 5.74) is 0.226. The van der Waals surface area contributed by atoms with Crippen molar-refractivity contribution >= 4 is 11.6 Å². The van der Waals surface area contributed by atoms with Crippen LogP contribution in [0.4, 0.5) is 8.78 Å². The molecule has 0 aliphatic carbocycles. The standard InChI is InChI=1S/C12H13ClF2O/c1-7-4-8(6-16-7)12(13)10-5-9(14)2-3-11(10)15/h2-3,5,7-8,12H,4,6H2,1H3. The van der Waals surface area contributed by atoms with Gasteiger partial charge in [-0.15, -0.1) is 11.6 Å². The first-order chi connectivity index (χ1) is 7.58. The van der Waals surface area contributed by atoms with Crippen LogP contribution in [0.3, 0.4) is 0 Å². The van der Waals surface area contributed by atoms with E-state index in [0.717, 1.165) is 24.6 Å². The summed E-state index contributed by atoms with van der Waals surface area (Å²) in [6, 6.07) is 3.37. The van der Waals surface area contributed by atoms with Gasteiger partial charge in [0.05, 0.1) is 18.1 Å². The summed E-state index contributed by atoms with van der Waals surface area (Å²) < 4.78 is 31.9. The van der Waals surface area contributed by atoms with Gasteiger partial charge in [-0.3, -0.25) is 0 Å². The van der Waals surface area contributed by atoms with Crippen LogP contribution in [0.15, 0.2) is 18.2 Å². The summed E-state index contributed by atoms with van der Waals surface area (Å²) in [7, 11) is 0. The average molecular weight is 247 g/mol. The molecule has 3 atom stereocenters. The van der Waals surface area contributed by atoms with Crippen molar-refractivity contribution in [2.45, 2.75) is 24.8 Å². The lowest BCUT2D eigenvalue weighted by molar-refractivity contribution is 0.119. The zero-order chi connectivity index (χ0) is 11.7. The van der Waals surface area contributed by atoms with Crippen molar-refractivity contribution in [2.75, 3.05) is 6.61 Å². The molecule has 88 valence electrons. The molecule has 0 radical (unpaired) electrons. The molecule has 2 rings (SSSR count). The van der Waals surface area contributed by atoms with E-state index in [-0.39, 0.29) is 17.6 Å². The Morgan fingerprint density at radius 2 is 2.19 bits per heavy atom. The van der Waals surface area contributed by atoms with Crippen LogP contribution in [0, 0.1) is 17.6 Å². The third-order valence-corrected chi connectivity index (χ3v) is 3.49. The molecule has 1 aliphatic heterocycles. The van der Waals surface area contributed by atoms with E-state index in [2.05, 4.69) is 0 Å². The minimum absolute atomic E-state index is 0.0490. The maximum Gasteiger partial charge on any atom is 0.128 e. The van der Waals surface area contributed by atoms with E-state index in [1.807, 2.05) is 6.92 Å². The van der Waals surface area contributed by atoms with Crippen LogP contribution < -0.4 is 0 Å². The molecular formula is C12H13ClF2O. The van der Waals surface area contributed by atoms with E-state index < -0.39 is 17.0 Å². The molecule has 3 unspecified atom stereocenters. The molecule has 0 aromatic heterocycles. The summed E-state index contributed by atoms with van der Waals surface area (Å²) in [4.78, 5) is 0. The lowest BCUT2D eigenvalue weighted by atomic mass is 9.96. The van der Waals surface area contributed by atoms with E-state index in [0.29, 0.717) is 6.61 Å². The summed E-state index contributed by atoms with van der Waals surface area (Å²) >= 11 is 6.17. The van der Waals surface area contributed by atoms with Crippen molar-refractivity contribution in [3.63, 3.8) is 0 Å². The van der Waals surface area contributed by atoms with Crippen molar-refractivity contribution in [1.29, 1.82) is 0 Å². The van der Waals surface area contributed by atoms with Gasteiger partial charge in [0.1, 0.15) is 11.6 Å². The van der Waals surface area contributed by atoms with Crippen LogP contribution in [0.1, 0.15) is 24.3 Å². The van der Waals surface area contributed by atoms with Crippen LogP contribution in [-0.4, -0.2) is 12.7 Å². The molecule has 0 saturated carbocycles. The number of halogens is 3. The second kappa shape index (κ2) is 4.68. The molecule has 1 fully saturated rings. The van der Waals surface area contributed by atoms with E-state index in [9.17, 15) is 8.78 Å². The topological polar surface area (TPSA) is 9.23 Å². The van der Waals surface area contributed by atoms with Gasteiger partial charge in [0.25, 0.3) is 0 Å². The van der Waals surface area contributed by atoms with Gasteiger partial charge in [0.15, 0.2) is 0 Å². The highest BCUT2D eigenvalue weighted by Gasteiger charge is 2.30. The molecule has 0 spiro atoms. The van der Waals surface area contributed by atoms with Crippen molar-refractivity contribution < 1.29 is 13.5 Å². The number of hydrogen-bond acceptors (Lipinski definition) is 1. The van der Waals surface area contributed by atoms with Gasteiger partial charge in [-0.05, 0) is 31.5 Å². The van der Waals surface area contributed by atoms with E-state index >= 15 is 0 Å². The molecule has 0 amide bonds. The SMILES string of the molecule is CC1CC(C(Cl)c2cc(F)ccc2F)CO1. The molecule has 1 nitrogen and oxygen atoms in total. The fraction of sp³-hybridized carbons (Fsp3) is 0.500. The Kier molecular flexibility index (Phi) is 3.45. The first kappa shape index (κ1) is 11.8. The van der Waals surface area contributed by atoms with Gasteiger partial charge in [-0.25, -0.2) is 8.78 Å². The second-order valence-corrected chi connectivity index (χ2v) is 4.68. The fourth-order valence-electron chi connectivity index (χ4n) is 2.03. The Labute approximate surface area is 98.4 Å². The molecule has 0 N–H and O–H groups in total. The van der Waals surface area contributed by atoms with Gasteiger partial charge >= 0.3 is 0 Å². The van der Waals surface area contributed by atoms with Gasteiger partial charge in [-0.1, -0.05) is 0 Å². The predicted octanol–water partition coefficient (Wildman–Crippen LogP) is 3.67. The van der Waals surface area contributed by atoms with Crippen LogP contribution in [0.5, 0.6) is 0 Å². The monoisotopic (exact) mass is 246 g/mol. The molecule has 1 aromatic carbocycles. The average Bonchev–Trinajstić information content (AvgIpc) is 2.67. The largest absolute Gasteiger partial charge is 0.378 e. The minimum atomic E-state index is -0.527. The van der Waals surface area contributed by atoms with Crippen LogP contribution in [-0.2, 0) is 4.74 Å². The Morgan fingerprint density at radius 3 is 2.81 bits per heavy atom. The number of benzene rings is 1. The van der Waals surface area contributed by atoms with E-state index in [4.69, 9.17) is 16.3 Å². The lowest BCUT2D eigenvalue weighted by Crippen LogP contribution is -2.10. The Hall–Kier alpha value is -0.670. The zero-order valence-corrected chi connectivity index (χ0v) is 9.68. The molecule has 1 aromatic rings. The minimum Gasteiger partial charge on any atom is -0.378 e. The molecule has 1 heterocycles. The van der Waals surface area contributed by atoms with E-state index in [1.54, 1.807) is 0 Å². The number of ether oxygens (including phenoxy) is 1. The molecule has 1 saturated heterocycles. The van der Waals surface area contributed by atoms with Gasteiger partial charge in [-0.2, -0.15) is 0 Å². The molecular weight excluding hydrogens is 234 g/mol. The number of hydrogen-bond donors (Lipinski definition) is 0. The van der Waals surface area contributed by atoms with E-state index in [1.165, 1.54) is 0 Å². The fourth-order valence-corrected chi connectivity index (χ4v) is 2.38. The Morgan fingerprint density at radius 1 is 1.44 bits per heavy atom. The third-order valence-electron chi connectivity index (χ3n) is 2.90. The summed E-state index contributed by atoms with van der Waals surface area (Å²) in [5, 5.41) is -0.527. The van der Waals surface area contributed by atoms with Crippen LogP contribution in [0.25, 0.3) is 0 Å². The third kappa shape index (κ3) is 2.36. The summed E-state index contributed by atoms with van der Waals surface area (Å²) in [6.07, 6.45) is 0.923. The highest BCUT2D eigenvalue weighted by atomic mass is 35.5. The highest BCUT2D eigenvalue weighted by molar-refractivity contribution is 6.21. The number of alkyl halides is 1. The van der Waals surface area contributed by atoms with Crippen molar-refractivity contribution in [2.24, 2.45) is 5.92 Å². The number of rotatable bonds is 2. The lowest BCUT2D eigenvalue weighted by Gasteiger charge is -2.16.